The maximum atomic E-state index is 11.8. The van der Waals surface area contributed by atoms with Gasteiger partial charge in [0.15, 0.2) is 9.84 Å². The van der Waals surface area contributed by atoms with E-state index in [1.807, 2.05) is 0 Å². The van der Waals surface area contributed by atoms with Crippen LogP contribution in [0.1, 0.15) is 16.9 Å². The van der Waals surface area contributed by atoms with Gasteiger partial charge in [-0.25, -0.2) is 8.42 Å². The fourth-order valence-corrected chi connectivity index (χ4v) is 4.04. The number of pyridine rings is 1. The lowest BCUT2D eigenvalue weighted by molar-refractivity contribution is 0.0822. The van der Waals surface area contributed by atoms with Crippen LogP contribution in [0.25, 0.3) is 0 Å². The van der Waals surface area contributed by atoms with Crippen LogP contribution in [0.3, 0.4) is 0 Å². The topological polar surface area (TPSA) is 79.4 Å². The summed E-state index contributed by atoms with van der Waals surface area (Å²) in [7, 11) is 0.502. The molecule has 20 heavy (non-hydrogen) atoms. The van der Waals surface area contributed by atoms with E-state index in [1.54, 1.807) is 32.4 Å². The molecule has 2 rings (SSSR count). The Morgan fingerprint density at radius 1 is 1.50 bits per heavy atom. The molecule has 1 fully saturated rings. The number of carbonyl (C=O) groups is 1. The van der Waals surface area contributed by atoms with Crippen molar-refractivity contribution in [3.63, 3.8) is 0 Å². The normalized spacial score (nSPS) is 20.6. The second kappa shape index (κ2) is 5.78. The Morgan fingerprint density at radius 2 is 2.25 bits per heavy atom. The van der Waals surface area contributed by atoms with Crippen molar-refractivity contribution in [1.82, 2.24) is 9.88 Å². The average Bonchev–Trinajstić information content (AvgIpc) is 2.75. The van der Waals surface area contributed by atoms with Gasteiger partial charge in [0, 0.05) is 32.5 Å². The van der Waals surface area contributed by atoms with E-state index in [-0.39, 0.29) is 23.3 Å². The Morgan fingerprint density at radius 3 is 2.85 bits per heavy atom. The Kier molecular flexibility index (Phi) is 4.27. The summed E-state index contributed by atoms with van der Waals surface area (Å²) in [6.07, 6.45) is 2.27. The molecular weight excluding hydrogens is 278 g/mol. The Labute approximate surface area is 119 Å². The number of hydrogen-bond donors (Lipinski definition) is 1. The third kappa shape index (κ3) is 3.69. The van der Waals surface area contributed by atoms with E-state index in [0.29, 0.717) is 18.7 Å². The van der Waals surface area contributed by atoms with Crippen molar-refractivity contribution in [3.8, 4) is 0 Å². The van der Waals surface area contributed by atoms with Gasteiger partial charge >= 0.3 is 0 Å². The molecule has 110 valence electrons. The first-order valence-corrected chi connectivity index (χ1v) is 8.31. The second-order valence-electron chi connectivity index (χ2n) is 5.28. The maximum Gasteiger partial charge on any atom is 0.272 e. The van der Waals surface area contributed by atoms with Gasteiger partial charge in [-0.3, -0.25) is 9.78 Å². The fourth-order valence-electron chi connectivity index (χ4n) is 2.18. The van der Waals surface area contributed by atoms with Crippen LogP contribution in [0.5, 0.6) is 0 Å². The molecule has 0 aliphatic carbocycles. The van der Waals surface area contributed by atoms with Crippen LogP contribution in [-0.2, 0) is 9.84 Å². The van der Waals surface area contributed by atoms with Crippen molar-refractivity contribution >= 4 is 21.4 Å². The Bertz CT molecular complexity index is 599. The zero-order valence-electron chi connectivity index (χ0n) is 11.7. The van der Waals surface area contributed by atoms with E-state index in [0.717, 1.165) is 5.69 Å². The lowest BCUT2D eigenvalue weighted by Crippen LogP contribution is -2.23. The highest BCUT2D eigenvalue weighted by molar-refractivity contribution is 7.91. The van der Waals surface area contributed by atoms with Gasteiger partial charge in [0.25, 0.3) is 5.91 Å². The van der Waals surface area contributed by atoms with Crippen LogP contribution in [0.2, 0.25) is 0 Å². The summed E-state index contributed by atoms with van der Waals surface area (Å²) in [4.78, 5) is 17.3. The molecule has 1 N–H and O–H groups in total. The van der Waals surface area contributed by atoms with Crippen LogP contribution < -0.4 is 5.32 Å². The molecule has 6 nitrogen and oxygen atoms in total. The maximum absolute atomic E-state index is 11.8. The number of rotatable bonds is 4. The van der Waals surface area contributed by atoms with Crippen LogP contribution >= 0.6 is 0 Å². The van der Waals surface area contributed by atoms with Crippen molar-refractivity contribution < 1.29 is 13.2 Å². The minimum atomic E-state index is -2.85. The van der Waals surface area contributed by atoms with E-state index >= 15 is 0 Å². The number of sulfone groups is 1. The fraction of sp³-hybridized carbons (Fsp3) is 0.538. The first-order chi connectivity index (χ1) is 9.37. The van der Waals surface area contributed by atoms with Gasteiger partial charge in [-0.15, -0.1) is 0 Å². The summed E-state index contributed by atoms with van der Waals surface area (Å²) >= 11 is 0. The summed E-state index contributed by atoms with van der Waals surface area (Å²) in [5, 5.41) is 3.18. The van der Waals surface area contributed by atoms with E-state index in [2.05, 4.69) is 10.3 Å². The summed E-state index contributed by atoms with van der Waals surface area (Å²) in [6.45, 7) is 0.596. The first-order valence-electron chi connectivity index (χ1n) is 6.49. The zero-order valence-corrected chi connectivity index (χ0v) is 12.5. The van der Waals surface area contributed by atoms with Gasteiger partial charge in [-0.1, -0.05) is 0 Å². The monoisotopic (exact) mass is 297 g/mol. The third-order valence-electron chi connectivity index (χ3n) is 3.31. The van der Waals surface area contributed by atoms with E-state index in [4.69, 9.17) is 0 Å². The number of nitrogens with zero attached hydrogens (tertiary/aromatic N) is 2. The van der Waals surface area contributed by atoms with E-state index in [9.17, 15) is 13.2 Å². The van der Waals surface area contributed by atoms with Gasteiger partial charge in [-0.2, -0.15) is 0 Å². The van der Waals surface area contributed by atoms with Gasteiger partial charge in [0.05, 0.1) is 11.5 Å². The van der Waals surface area contributed by atoms with Gasteiger partial charge in [0.1, 0.15) is 5.69 Å². The molecule has 7 heteroatoms. The standard InChI is InChI=1S/C13H19N3O3S/c1-16(2)13(17)12-7-11(3-5-14-12)15-8-10-4-6-20(18,19)9-10/h3,5,7,10H,4,6,8-9H2,1-2H3,(H,14,15). The molecule has 0 bridgehead atoms. The SMILES string of the molecule is CN(C)C(=O)c1cc(NCC2CCS(=O)(=O)C2)ccn1. The molecule has 1 unspecified atom stereocenters. The molecule has 1 amide bonds. The third-order valence-corrected chi connectivity index (χ3v) is 5.14. The first kappa shape index (κ1) is 14.8. The smallest absolute Gasteiger partial charge is 0.272 e. The van der Waals surface area contributed by atoms with Gasteiger partial charge < -0.3 is 10.2 Å². The van der Waals surface area contributed by atoms with Crippen molar-refractivity contribution in [2.24, 2.45) is 5.92 Å². The van der Waals surface area contributed by atoms with Crippen molar-refractivity contribution in [1.29, 1.82) is 0 Å². The molecule has 1 saturated heterocycles. The minimum absolute atomic E-state index is 0.140. The molecule has 1 aliphatic rings. The minimum Gasteiger partial charge on any atom is -0.385 e. The molecular formula is C13H19N3O3S. The van der Waals surface area contributed by atoms with Crippen molar-refractivity contribution in [2.45, 2.75) is 6.42 Å². The van der Waals surface area contributed by atoms with Crippen molar-refractivity contribution in [3.05, 3.63) is 24.0 Å². The predicted octanol–water partition coefficient (Wildman–Crippen LogP) is 0.630. The molecule has 1 aromatic rings. The molecule has 0 spiro atoms. The van der Waals surface area contributed by atoms with E-state index in [1.165, 1.54) is 4.90 Å². The molecule has 1 aliphatic heterocycles. The summed E-state index contributed by atoms with van der Waals surface area (Å²) in [6, 6.07) is 3.46. The van der Waals surface area contributed by atoms with Crippen LogP contribution in [0, 0.1) is 5.92 Å². The number of amides is 1. The predicted molar refractivity (Wildman–Crippen MR) is 77.5 cm³/mol. The van der Waals surface area contributed by atoms with Crippen LogP contribution in [0.4, 0.5) is 5.69 Å². The van der Waals surface area contributed by atoms with Gasteiger partial charge in [-0.05, 0) is 24.5 Å². The van der Waals surface area contributed by atoms with Gasteiger partial charge in [0.2, 0.25) is 0 Å². The van der Waals surface area contributed by atoms with E-state index < -0.39 is 9.84 Å². The van der Waals surface area contributed by atoms with Crippen molar-refractivity contribution in [2.75, 3.05) is 37.5 Å². The quantitative estimate of drug-likeness (QED) is 0.882. The molecule has 0 radical (unpaired) electrons. The highest BCUT2D eigenvalue weighted by Crippen LogP contribution is 2.19. The summed E-state index contributed by atoms with van der Waals surface area (Å²) in [5.41, 5.74) is 1.16. The lowest BCUT2D eigenvalue weighted by atomic mass is 10.1. The zero-order chi connectivity index (χ0) is 14.8. The Hall–Kier alpha value is -1.63. The summed E-state index contributed by atoms with van der Waals surface area (Å²) in [5.74, 6) is 0.507. The number of carbonyl (C=O) groups excluding carboxylic acids is 1. The van der Waals surface area contributed by atoms with Crippen LogP contribution in [0.15, 0.2) is 18.3 Å². The Balaban J connectivity index is 1.97. The highest BCUT2D eigenvalue weighted by Gasteiger charge is 2.27. The summed E-state index contributed by atoms with van der Waals surface area (Å²) < 4.78 is 22.8. The largest absolute Gasteiger partial charge is 0.385 e. The molecule has 2 heterocycles. The number of aromatic nitrogens is 1. The lowest BCUT2D eigenvalue weighted by Gasteiger charge is -2.13. The van der Waals surface area contributed by atoms with Crippen LogP contribution in [-0.4, -0.2) is 56.4 Å². The molecule has 0 saturated carbocycles. The highest BCUT2D eigenvalue weighted by atomic mass is 32.2. The number of nitrogens with one attached hydrogen (secondary N) is 1. The average molecular weight is 297 g/mol. The number of anilines is 1. The number of hydrogen-bond acceptors (Lipinski definition) is 5. The second-order valence-corrected chi connectivity index (χ2v) is 7.51. The molecule has 1 atom stereocenters. The molecule has 0 aromatic carbocycles. The molecule has 1 aromatic heterocycles.